The van der Waals surface area contributed by atoms with Crippen molar-refractivity contribution >= 4 is 17.4 Å². The number of carbonyl (C=O) groups is 2. The SMILES string of the molecule is CN(C)CCCN1C(=O)C(=O)/C(=C(/O)c2ccc3c(c2)OCCO3)[C@@H]1c1cccc(O)c1. The van der Waals surface area contributed by atoms with Crippen LogP contribution in [-0.2, 0) is 9.59 Å². The van der Waals surface area contributed by atoms with E-state index in [9.17, 15) is 19.8 Å². The molecule has 2 heterocycles. The molecule has 0 spiro atoms. The van der Waals surface area contributed by atoms with Crippen LogP contribution in [0.2, 0.25) is 0 Å². The van der Waals surface area contributed by atoms with E-state index in [0.29, 0.717) is 48.8 Å². The van der Waals surface area contributed by atoms with Gasteiger partial charge < -0.3 is 29.5 Å². The largest absolute Gasteiger partial charge is 0.508 e. The number of carbonyl (C=O) groups excluding carboxylic acids is 2. The summed E-state index contributed by atoms with van der Waals surface area (Å²) in [6, 6.07) is 10.5. The average Bonchev–Trinajstić information content (AvgIpc) is 3.03. The maximum Gasteiger partial charge on any atom is 0.295 e. The maximum atomic E-state index is 13.0. The molecular weight excluding hydrogens is 412 g/mol. The molecule has 4 rings (SSSR count). The highest BCUT2D eigenvalue weighted by molar-refractivity contribution is 6.46. The summed E-state index contributed by atoms with van der Waals surface area (Å²) in [4.78, 5) is 29.4. The van der Waals surface area contributed by atoms with E-state index in [1.54, 1.807) is 30.3 Å². The van der Waals surface area contributed by atoms with Crippen molar-refractivity contribution in [1.82, 2.24) is 9.80 Å². The molecule has 0 unspecified atom stereocenters. The molecule has 1 saturated heterocycles. The number of aliphatic hydroxyl groups excluding tert-OH is 1. The molecule has 2 aromatic carbocycles. The fraction of sp³-hybridized carbons (Fsp3) is 0.333. The van der Waals surface area contributed by atoms with Crippen LogP contribution in [0.5, 0.6) is 17.2 Å². The number of phenolic OH excluding ortho intramolecular Hbond substituents is 1. The minimum absolute atomic E-state index is 0.0119. The summed E-state index contributed by atoms with van der Waals surface area (Å²) in [5.74, 6) is -0.674. The molecule has 1 fully saturated rings. The van der Waals surface area contributed by atoms with Gasteiger partial charge >= 0.3 is 0 Å². The number of Topliss-reactive ketones (excluding diaryl/α,β-unsaturated/α-hetero) is 1. The van der Waals surface area contributed by atoms with Crippen LogP contribution in [0.15, 0.2) is 48.0 Å². The molecule has 32 heavy (non-hydrogen) atoms. The van der Waals surface area contributed by atoms with Gasteiger partial charge in [-0.05, 0) is 63.0 Å². The summed E-state index contributed by atoms with van der Waals surface area (Å²) in [7, 11) is 3.87. The third kappa shape index (κ3) is 4.13. The maximum absolute atomic E-state index is 13.0. The Hall–Kier alpha value is -3.52. The van der Waals surface area contributed by atoms with Crippen LogP contribution in [0.1, 0.15) is 23.6 Å². The molecule has 2 N–H and O–H groups in total. The van der Waals surface area contributed by atoms with Crippen LogP contribution in [-0.4, -0.2) is 72.1 Å². The van der Waals surface area contributed by atoms with Crippen molar-refractivity contribution in [3.63, 3.8) is 0 Å². The first-order valence-electron chi connectivity index (χ1n) is 10.5. The van der Waals surface area contributed by atoms with Gasteiger partial charge in [0.15, 0.2) is 11.5 Å². The zero-order valence-electron chi connectivity index (χ0n) is 18.1. The first-order valence-corrected chi connectivity index (χ1v) is 10.5. The zero-order valence-corrected chi connectivity index (χ0v) is 18.1. The van der Waals surface area contributed by atoms with Crippen LogP contribution in [0.3, 0.4) is 0 Å². The van der Waals surface area contributed by atoms with E-state index in [4.69, 9.17) is 9.47 Å². The number of ketones is 1. The fourth-order valence-electron chi connectivity index (χ4n) is 4.06. The lowest BCUT2D eigenvalue weighted by atomic mass is 9.95. The lowest BCUT2D eigenvalue weighted by molar-refractivity contribution is -0.139. The van der Waals surface area contributed by atoms with Crippen LogP contribution in [0.25, 0.3) is 5.76 Å². The van der Waals surface area contributed by atoms with Crippen molar-refractivity contribution in [1.29, 1.82) is 0 Å². The summed E-state index contributed by atoms with van der Waals surface area (Å²) in [5.41, 5.74) is 0.890. The Balaban J connectivity index is 1.79. The van der Waals surface area contributed by atoms with Crippen molar-refractivity contribution < 1.29 is 29.3 Å². The summed E-state index contributed by atoms with van der Waals surface area (Å²) >= 11 is 0. The van der Waals surface area contributed by atoms with Crippen molar-refractivity contribution in [2.45, 2.75) is 12.5 Å². The van der Waals surface area contributed by atoms with Gasteiger partial charge in [-0.15, -0.1) is 0 Å². The van der Waals surface area contributed by atoms with Gasteiger partial charge in [0.1, 0.15) is 24.7 Å². The van der Waals surface area contributed by atoms with Crippen molar-refractivity contribution in [2.24, 2.45) is 0 Å². The topological polar surface area (TPSA) is 99.5 Å². The Bertz CT molecular complexity index is 1080. The minimum atomic E-state index is -0.808. The second kappa shape index (κ2) is 8.92. The van der Waals surface area contributed by atoms with E-state index < -0.39 is 17.7 Å². The molecule has 0 radical (unpaired) electrons. The Morgan fingerprint density at radius 3 is 2.56 bits per heavy atom. The highest BCUT2D eigenvalue weighted by atomic mass is 16.6. The number of amides is 1. The Morgan fingerprint density at radius 2 is 1.84 bits per heavy atom. The summed E-state index contributed by atoms with van der Waals surface area (Å²) in [6.45, 7) is 1.89. The molecule has 0 bridgehead atoms. The van der Waals surface area contributed by atoms with E-state index in [1.165, 1.54) is 17.0 Å². The van der Waals surface area contributed by atoms with E-state index in [-0.39, 0.29) is 17.1 Å². The van der Waals surface area contributed by atoms with Crippen molar-refractivity contribution in [3.05, 3.63) is 59.2 Å². The molecule has 8 nitrogen and oxygen atoms in total. The smallest absolute Gasteiger partial charge is 0.295 e. The third-order valence-corrected chi connectivity index (χ3v) is 5.55. The molecule has 0 aliphatic carbocycles. The van der Waals surface area contributed by atoms with Crippen LogP contribution in [0, 0.1) is 0 Å². The first kappa shape index (κ1) is 21.7. The number of hydrogen-bond acceptors (Lipinski definition) is 7. The number of benzene rings is 2. The summed E-state index contributed by atoms with van der Waals surface area (Å²) in [6.07, 6.45) is 0.652. The Morgan fingerprint density at radius 1 is 1.09 bits per heavy atom. The molecule has 2 aromatic rings. The van der Waals surface area contributed by atoms with Gasteiger partial charge in [-0.3, -0.25) is 9.59 Å². The predicted molar refractivity (Wildman–Crippen MR) is 118 cm³/mol. The van der Waals surface area contributed by atoms with Gasteiger partial charge in [0.2, 0.25) is 0 Å². The van der Waals surface area contributed by atoms with Crippen LogP contribution in [0.4, 0.5) is 0 Å². The third-order valence-electron chi connectivity index (χ3n) is 5.55. The van der Waals surface area contributed by atoms with Gasteiger partial charge in [0.25, 0.3) is 11.7 Å². The molecule has 0 saturated carbocycles. The van der Waals surface area contributed by atoms with E-state index in [2.05, 4.69) is 0 Å². The molecular formula is C24H26N2O6. The van der Waals surface area contributed by atoms with Crippen molar-refractivity contribution in [3.8, 4) is 17.2 Å². The van der Waals surface area contributed by atoms with Crippen molar-refractivity contribution in [2.75, 3.05) is 40.4 Å². The number of aliphatic hydroxyl groups is 1. The van der Waals surface area contributed by atoms with E-state index in [0.717, 1.165) is 6.54 Å². The number of rotatable bonds is 6. The summed E-state index contributed by atoms with van der Waals surface area (Å²) < 4.78 is 11.1. The predicted octanol–water partition coefficient (Wildman–Crippen LogP) is 2.54. The molecule has 8 heteroatoms. The number of nitrogens with zero attached hydrogens (tertiary/aromatic N) is 2. The van der Waals surface area contributed by atoms with E-state index >= 15 is 0 Å². The Labute approximate surface area is 186 Å². The Kier molecular flexibility index (Phi) is 6.05. The minimum Gasteiger partial charge on any atom is -0.508 e. The molecule has 0 aromatic heterocycles. The zero-order chi connectivity index (χ0) is 22.8. The van der Waals surface area contributed by atoms with Gasteiger partial charge in [0.05, 0.1) is 11.6 Å². The lowest BCUT2D eigenvalue weighted by Gasteiger charge is -2.26. The average molecular weight is 438 g/mol. The quantitative estimate of drug-likeness (QED) is 0.406. The lowest BCUT2D eigenvalue weighted by Crippen LogP contribution is -2.32. The molecule has 168 valence electrons. The number of ether oxygens (including phenoxy) is 2. The highest BCUT2D eigenvalue weighted by Crippen LogP contribution is 2.41. The number of fused-ring (bicyclic) bond motifs is 1. The van der Waals surface area contributed by atoms with Gasteiger partial charge in [-0.25, -0.2) is 0 Å². The van der Waals surface area contributed by atoms with Gasteiger partial charge in [-0.1, -0.05) is 12.1 Å². The standard InChI is InChI=1S/C24H26N2O6/c1-25(2)9-4-10-26-21(15-5-3-6-17(27)13-15)20(23(29)24(26)30)22(28)16-7-8-18-19(14-16)32-12-11-31-18/h3,5-8,13-14,21,27-28H,4,9-12H2,1-2H3/b22-20+/t21-/m0/s1. The first-order chi connectivity index (χ1) is 15.4. The molecule has 1 atom stereocenters. The molecule has 2 aliphatic rings. The number of likely N-dealkylation sites (tertiary alicyclic amines) is 1. The van der Waals surface area contributed by atoms with E-state index in [1.807, 2.05) is 19.0 Å². The van der Waals surface area contributed by atoms with Gasteiger partial charge in [-0.2, -0.15) is 0 Å². The number of aromatic hydroxyl groups is 1. The molecule has 2 aliphatic heterocycles. The fourth-order valence-corrected chi connectivity index (χ4v) is 4.06. The number of phenols is 1. The number of hydrogen-bond donors (Lipinski definition) is 2. The summed E-state index contributed by atoms with van der Waals surface area (Å²) in [5, 5.41) is 21.2. The van der Waals surface area contributed by atoms with Crippen LogP contribution < -0.4 is 9.47 Å². The van der Waals surface area contributed by atoms with Gasteiger partial charge in [0, 0.05) is 12.1 Å². The van der Waals surface area contributed by atoms with Crippen LogP contribution >= 0.6 is 0 Å². The second-order valence-corrected chi connectivity index (χ2v) is 8.10. The normalized spacial score (nSPS) is 19.6. The highest BCUT2D eigenvalue weighted by Gasteiger charge is 2.46. The second-order valence-electron chi connectivity index (χ2n) is 8.10. The molecule has 1 amide bonds. The monoisotopic (exact) mass is 438 g/mol.